The van der Waals surface area contributed by atoms with Crippen LogP contribution in [0.2, 0.25) is 0 Å². The molecule has 0 radical (unpaired) electrons. The molecule has 0 aromatic rings. The molecule has 0 bridgehead atoms. The van der Waals surface area contributed by atoms with Crippen LogP contribution in [0, 0.1) is 0 Å². The van der Waals surface area contributed by atoms with Crippen LogP contribution in [0.4, 0.5) is 35.1 Å². The van der Waals surface area contributed by atoms with E-state index in [-0.39, 0.29) is 0 Å². The molecule has 1 saturated carbocycles. The summed E-state index contributed by atoms with van der Waals surface area (Å²) >= 11 is 0. The van der Waals surface area contributed by atoms with Gasteiger partial charge in [0.25, 0.3) is 6.08 Å². The molecule has 0 N–H and O–H groups in total. The Kier molecular flexibility index (Phi) is 2.09. The molecule has 0 heterocycles. The molecular formula is C6H2F8. The normalized spacial score (nSPS) is 27.9. The fourth-order valence-corrected chi connectivity index (χ4v) is 1.05. The molecule has 1 rings (SSSR count). The molecule has 0 atom stereocenters. The first-order valence-electron chi connectivity index (χ1n) is 3.22. The second-order valence-electron chi connectivity index (χ2n) is 2.77. The van der Waals surface area contributed by atoms with Crippen LogP contribution in [-0.2, 0) is 0 Å². The van der Waals surface area contributed by atoms with Crippen molar-refractivity contribution in [3.05, 3.63) is 11.7 Å². The van der Waals surface area contributed by atoms with E-state index in [1.165, 1.54) is 0 Å². The first kappa shape index (κ1) is 11.3. The zero-order valence-corrected chi connectivity index (χ0v) is 6.23. The van der Waals surface area contributed by atoms with Gasteiger partial charge >= 0.3 is 17.8 Å². The quantitative estimate of drug-likeness (QED) is 0.555. The van der Waals surface area contributed by atoms with Crippen LogP contribution in [0.25, 0.3) is 0 Å². The molecule has 0 aliphatic heterocycles. The van der Waals surface area contributed by atoms with Gasteiger partial charge in [0.1, 0.15) is 0 Å². The lowest BCUT2D eigenvalue weighted by molar-refractivity contribution is -0.265. The van der Waals surface area contributed by atoms with Crippen molar-refractivity contribution in [1.29, 1.82) is 0 Å². The highest BCUT2D eigenvalue weighted by Crippen LogP contribution is 2.59. The second kappa shape index (κ2) is 2.60. The lowest BCUT2D eigenvalue weighted by Crippen LogP contribution is -2.46. The van der Waals surface area contributed by atoms with Crippen LogP contribution in [0.1, 0.15) is 6.42 Å². The zero-order valence-electron chi connectivity index (χ0n) is 6.23. The summed E-state index contributed by atoms with van der Waals surface area (Å²) in [5.41, 5.74) is -2.49. The smallest absolute Gasteiger partial charge is 0.199 e. The fourth-order valence-electron chi connectivity index (χ4n) is 1.05. The first-order valence-corrected chi connectivity index (χ1v) is 3.22. The van der Waals surface area contributed by atoms with Crippen LogP contribution in [0.3, 0.4) is 0 Å². The molecule has 14 heavy (non-hydrogen) atoms. The van der Waals surface area contributed by atoms with Crippen molar-refractivity contribution in [3.8, 4) is 0 Å². The highest BCUT2D eigenvalue weighted by molar-refractivity contribution is 5.29. The van der Waals surface area contributed by atoms with Crippen LogP contribution in [0.5, 0.6) is 0 Å². The van der Waals surface area contributed by atoms with Gasteiger partial charge in [-0.15, -0.1) is 0 Å². The highest BCUT2D eigenvalue weighted by Gasteiger charge is 2.79. The lowest BCUT2D eigenvalue weighted by atomic mass is 10.2. The Morgan fingerprint density at radius 1 is 0.929 bits per heavy atom. The topological polar surface area (TPSA) is 0 Å². The number of alkyl halides is 6. The summed E-state index contributed by atoms with van der Waals surface area (Å²) in [5, 5.41) is 0. The van der Waals surface area contributed by atoms with Crippen molar-refractivity contribution in [3.63, 3.8) is 0 Å². The highest BCUT2D eigenvalue weighted by atomic mass is 19.3. The van der Waals surface area contributed by atoms with E-state index in [0.29, 0.717) is 0 Å². The van der Waals surface area contributed by atoms with Crippen molar-refractivity contribution in [2.75, 3.05) is 0 Å². The van der Waals surface area contributed by atoms with Crippen molar-refractivity contribution in [1.82, 2.24) is 0 Å². The largest absolute Gasteiger partial charge is 0.376 e. The molecule has 0 aromatic carbocycles. The molecule has 1 aliphatic rings. The van der Waals surface area contributed by atoms with E-state index >= 15 is 0 Å². The summed E-state index contributed by atoms with van der Waals surface area (Å²) in [4.78, 5) is 0. The second-order valence-corrected chi connectivity index (χ2v) is 2.77. The van der Waals surface area contributed by atoms with E-state index in [9.17, 15) is 35.1 Å². The summed E-state index contributed by atoms with van der Waals surface area (Å²) in [6.07, 6.45) is -5.51. The zero-order chi connectivity index (χ0) is 11.4. The Bertz CT molecular complexity index is 284. The lowest BCUT2D eigenvalue weighted by Gasteiger charge is -2.22. The van der Waals surface area contributed by atoms with Gasteiger partial charge in [-0.1, -0.05) is 0 Å². The van der Waals surface area contributed by atoms with Crippen molar-refractivity contribution >= 4 is 0 Å². The van der Waals surface area contributed by atoms with E-state index in [1.807, 2.05) is 0 Å². The maximum atomic E-state index is 12.4. The Morgan fingerprint density at radius 3 is 1.50 bits per heavy atom. The van der Waals surface area contributed by atoms with E-state index < -0.39 is 35.8 Å². The van der Waals surface area contributed by atoms with Crippen molar-refractivity contribution in [2.24, 2.45) is 0 Å². The van der Waals surface area contributed by atoms with Gasteiger partial charge in [0, 0.05) is 0 Å². The van der Waals surface area contributed by atoms with Gasteiger partial charge in [-0.05, 0) is 0 Å². The third-order valence-corrected chi connectivity index (χ3v) is 1.86. The van der Waals surface area contributed by atoms with Crippen LogP contribution < -0.4 is 0 Å². The molecule has 82 valence electrons. The summed E-state index contributed by atoms with van der Waals surface area (Å²) in [7, 11) is 0. The molecule has 0 saturated heterocycles. The molecule has 0 nitrogen and oxygen atoms in total. The minimum atomic E-state index is -5.77. The van der Waals surface area contributed by atoms with Gasteiger partial charge in [0.05, 0.1) is 12.0 Å². The number of hydrogen-bond acceptors (Lipinski definition) is 0. The van der Waals surface area contributed by atoms with Gasteiger partial charge in [-0.2, -0.15) is 35.1 Å². The molecule has 0 unspecified atom stereocenters. The van der Waals surface area contributed by atoms with Gasteiger partial charge < -0.3 is 0 Å². The minimum absolute atomic E-state index is 2.32. The number of hydrogen-bond donors (Lipinski definition) is 0. The molecular weight excluding hydrogens is 224 g/mol. The van der Waals surface area contributed by atoms with Crippen LogP contribution >= 0.6 is 0 Å². The number of rotatable bonds is 0. The third-order valence-electron chi connectivity index (χ3n) is 1.86. The molecule has 1 aliphatic carbocycles. The molecule has 0 aromatic heterocycles. The van der Waals surface area contributed by atoms with Gasteiger partial charge in [0.15, 0.2) is 0 Å². The molecule has 0 spiro atoms. The van der Waals surface area contributed by atoms with E-state index in [1.54, 1.807) is 0 Å². The van der Waals surface area contributed by atoms with Gasteiger partial charge in [0.2, 0.25) is 0 Å². The Hall–Kier alpha value is -0.820. The standard InChI is InChI=1S/C6H2F8/c7-3(8)2-1-4(9,10)6(13,14)5(2,11)12/h1H2. The third kappa shape index (κ3) is 1.12. The maximum Gasteiger partial charge on any atom is 0.376 e. The van der Waals surface area contributed by atoms with Gasteiger partial charge in [-0.3, -0.25) is 0 Å². The molecule has 0 amide bonds. The van der Waals surface area contributed by atoms with Gasteiger partial charge in [-0.25, -0.2) is 0 Å². The van der Waals surface area contributed by atoms with E-state index in [4.69, 9.17) is 0 Å². The minimum Gasteiger partial charge on any atom is -0.199 e. The van der Waals surface area contributed by atoms with Crippen LogP contribution in [0.15, 0.2) is 11.7 Å². The van der Waals surface area contributed by atoms with Crippen molar-refractivity contribution < 1.29 is 35.1 Å². The Morgan fingerprint density at radius 2 is 1.36 bits per heavy atom. The Balaban J connectivity index is 3.34. The first-order chi connectivity index (χ1) is 6.04. The molecule has 8 heteroatoms. The SMILES string of the molecule is FC(F)=C1CC(F)(F)C(F)(F)C1(F)F. The fraction of sp³-hybridized carbons (Fsp3) is 0.667. The Labute approximate surface area is 72.2 Å². The molecule has 1 fully saturated rings. The van der Waals surface area contributed by atoms with Crippen LogP contribution in [-0.4, -0.2) is 17.8 Å². The maximum absolute atomic E-state index is 12.4. The predicted molar refractivity (Wildman–Crippen MR) is 28.7 cm³/mol. The van der Waals surface area contributed by atoms with E-state index in [0.717, 1.165) is 0 Å². The summed E-state index contributed by atoms with van der Waals surface area (Å²) in [6.45, 7) is 0. The number of halogens is 8. The average molecular weight is 226 g/mol. The summed E-state index contributed by atoms with van der Waals surface area (Å²) in [5.74, 6) is -16.4. The summed E-state index contributed by atoms with van der Waals surface area (Å²) in [6, 6.07) is 0. The number of allylic oxidation sites excluding steroid dienone is 1. The summed E-state index contributed by atoms with van der Waals surface area (Å²) < 4.78 is 97.0. The average Bonchev–Trinajstić information content (AvgIpc) is 2.08. The van der Waals surface area contributed by atoms with E-state index in [2.05, 4.69) is 0 Å². The van der Waals surface area contributed by atoms with Crippen molar-refractivity contribution in [2.45, 2.75) is 24.2 Å². The predicted octanol–water partition coefficient (Wildman–Crippen LogP) is 3.45. The monoisotopic (exact) mass is 226 g/mol.